The molecule has 3 saturated carbocycles. The highest BCUT2D eigenvalue weighted by Crippen LogP contribution is 2.58. The van der Waals surface area contributed by atoms with Gasteiger partial charge in [-0.05, 0) is 56.2 Å². The zero-order valence-corrected chi connectivity index (χ0v) is 20.2. The van der Waals surface area contributed by atoms with Gasteiger partial charge in [0.25, 0.3) is 0 Å². The third-order valence-electron chi connectivity index (χ3n) is 9.17. The Hall–Kier alpha value is -2.78. The largest absolute Gasteiger partial charge is 0.396 e. The van der Waals surface area contributed by atoms with Crippen LogP contribution in [0.25, 0.3) is 0 Å². The molecule has 7 rings (SSSR count). The van der Waals surface area contributed by atoms with Crippen molar-refractivity contribution in [1.82, 2.24) is 25.0 Å². The average Bonchev–Trinajstić information content (AvgIpc) is 3.68. The number of likely N-dealkylation sites (tertiary alicyclic amines) is 2. The van der Waals surface area contributed by atoms with Crippen molar-refractivity contribution in [2.45, 2.75) is 62.5 Å². The van der Waals surface area contributed by atoms with Crippen LogP contribution in [0.15, 0.2) is 24.3 Å². The minimum atomic E-state index is -4.14. The summed E-state index contributed by atoms with van der Waals surface area (Å²) in [7, 11) is 0. The van der Waals surface area contributed by atoms with E-state index < -0.39 is 11.6 Å². The lowest BCUT2D eigenvalue weighted by Crippen LogP contribution is -2.67. The highest BCUT2D eigenvalue weighted by atomic mass is 19.4. The van der Waals surface area contributed by atoms with Gasteiger partial charge in [0.2, 0.25) is 0 Å². The van der Waals surface area contributed by atoms with Crippen LogP contribution in [0, 0.1) is 10.8 Å². The van der Waals surface area contributed by atoms with Crippen LogP contribution in [0.3, 0.4) is 0 Å². The van der Waals surface area contributed by atoms with Gasteiger partial charge in [0, 0.05) is 61.6 Å². The Morgan fingerprint density at radius 2 is 1.61 bits per heavy atom. The number of nitrogens with zero attached hydrogens (tertiary/aromatic N) is 4. The second-order valence-corrected chi connectivity index (χ2v) is 12.0. The molecule has 2 aromatic rings. The van der Waals surface area contributed by atoms with Gasteiger partial charge in [0.15, 0.2) is 0 Å². The Balaban J connectivity index is 0.851. The molecule has 2 aliphatic heterocycles. The van der Waals surface area contributed by atoms with Crippen LogP contribution in [0.5, 0.6) is 0 Å². The molecule has 192 valence electrons. The van der Waals surface area contributed by atoms with E-state index in [1.165, 1.54) is 12.8 Å². The third kappa shape index (κ3) is 3.75. The number of hydrogen-bond donors (Lipinski definition) is 2. The molecule has 5 aliphatic rings. The van der Waals surface area contributed by atoms with Crippen molar-refractivity contribution in [2.24, 2.45) is 10.8 Å². The zero-order valence-electron chi connectivity index (χ0n) is 20.2. The van der Waals surface area contributed by atoms with Crippen LogP contribution in [-0.4, -0.2) is 69.9 Å². The van der Waals surface area contributed by atoms with Gasteiger partial charge in [-0.3, -0.25) is 0 Å². The number of aromatic amines is 1. The number of rotatable bonds is 6. The molecule has 10 heteroatoms. The maximum absolute atomic E-state index is 13.1. The molecule has 1 spiro atoms. The van der Waals surface area contributed by atoms with Gasteiger partial charge >= 0.3 is 12.2 Å². The van der Waals surface area contributed by atoms with Crippen molar-refractivity contribution in [2.75, 3.05) is 38.0 Å². The normalized spacial score (nSPS) is 24.8. The maximum Gasteiger partial charge on any atom is 0.396 e. The Morgan fingerprint density at radius 1 is 0.972 bits per heavy atom. The van der Waals surface area contributed by atoms with Gasteiger partial charge < -0.3 is 20.1 Å². The number of carbonyl (C=O) groups excluding carboxylic acids is 1. The summed E-state index contributed by atoms with van der Waals surface area (Å²) in [6.07, 6.45) is 0.837. The van der Waals surface area contributed by atoms with Gasteiger partial charge in [0.1, 0.15) is 11.6 Å². The molecule has 0 atom stereocenters. The lowest BCUT2D eigenvalue weighted by atomic mass is 9.57. The fourth-order valence-corrected chi connectivity index (χ4v) is 6.25. The van der Waals surface area contributed by atoms with Crippen LogP contribution in [0.2, 0.25) is 0 Å². The van der Waals surface area contributed by atoms with Crippen LogP contribution in [0.4, 0.5) is 23.7 Å². The standard InChI is InChI=1S/C26H31F3N6O/c27-26(28,29)25(7-8-25)13-30-20-5-3-16(4-6-20)19-11-34(12-19)23(36)35-14-24(15-35)9-18(10-24)22-31-21(32-33-22)17-1-2-17/h3-6,17-19,30H,1-2,7-15H2,(H,31,32,33). The molecule has 2 amide bonds. The van der Waals surface area contributed by atoms with Crippen molar-refractivity contribution in [3.05, 3.63) is 41.5 Å². The Labute approximate surface area is 207 Å². The molecule has 3 heterocycles. The van der Waals surface area contributed by atoms with E-state index in [-0.39, 0.29) is 36.8 Å². The predicted octanol–water partition coefficient (Wildman–Crippen LogP) is 4.84. The van der Waals surface area contributed by atoms with E-state index >= 15 is 0 Å². The van der Waals surface area contributed by atoms with Crippen molar-refractivity contribution < 1.29 is 18.0 Å². The first-order valence-corrected chi connectivity index (χ1v) is 13.1. The molecular weight excluding hydrogens is 469 g/mol. The molecule has 0 unspecified atom stereocenters. The highest BCUT2D eigenvalue weighted by Gasteiger charge is 2.63. The summed E-state index contributed by atoms with van der Waals surface area (Å²) in [4.78, 5) is 20.2. The lowest BCUT2D eigenvalue weighted by molar-refractivity contribution is -0.182. The Kier molecular flexibility index (Phi) is 4.74. The number of benzene rings is 1. The van der Waals surface area contributed by atoms with Gasteiger partial charge in [-0.25, -0.2) is 4.79 Å². The van der Waals surface area contributed by atoms with E-state index in [1.54, 1.807) is 0 Å². The summed E-state index contributed by atoms with van der Waals surface area (Å²) in [5.74, 6) is 3.37. The van der Waals surface area contributed by atoms with Crippen LogP contribution >= 0.6 is 0 Å². The first-order chi connectivity index (χ1) is 17.2. The van der Waals surface area contributed by atoms with E-state index in [1.807, 2.05) is 34.1 Å². The highest BCUT2D eigenvalue weighted by molar-refractivity contribution is 5.77. The maximum atomic E-state index is 13.1. The van der Waals surface area contributed by atoms with E-state index in [9.17, 15) is 18.0 Å². The van der Waals surface area contributed by atoms with E-state index in [4.69, 9.17) is 0 Å². The summed E-state index contributed by atoms with van der Waals surface area (Å²) >= 11 is 0. The zero-order chi connectivity index (χ0) is 24.7. The number of anilines is 1. The van der Waals surface area contributed by atoms with Gasteiger partial charge in [-0.1, -0.05) is 12.1 Å². The van der Waals surface area contributed by atoms with Gasteiger partial charge in [0.05, 0.1) is 5.41 Å². The topological polar surface area (TPSA) is 77.2 Å². The number of hydrogen-bond acceptors (Lipinski definition) is 4. The summed E-state index contributed by atoms with van der Waals surface area (Å²) in [5.41, 5.74) is 0.540. The van der Waals surface area contributed by atoms with Crippen molar-refractivity contribution in [1.29, 1.82) is 0 Å². The number of amides is 2. The Bertz CT molecular complexity index is 1150. The second-order valence-electron chi connectivity index (χ2n) is 12.0. The first-order valence-electron chi connectivity index (χ1n) is 13.1. The van der Waals surface area contributed by atoms with Crippen molar-refractivity contribution in [3.63, 3.8) is 0 Å². The lowest BCUT2D eigenvalue weighted by Gasteiger charge is -2.59. The number of carbonyl (C=O) groups is 1. The molecule has 1 aromatic heterocycles. The monoisotopic (exact) mass is 500 g/mol. The average molecular weight is 501 g/mol. The van der Waals surface area contributed by atoms with E-state index in [2.05, 4.69) is 20.5 Å². The smallest absolute Gasteiger partial charge is 0.384 e. The van der Waals surface area contributed by atoms with Crippen LogP contribution < -0.4 is 5.32 Å². The molecule has 2 saturated heterocycles. The van der Waals surface area contributed by atoms with Crippen LogP contribution in [0.1, 0.15) is 73.5 Å². The van der Waals surface area contributed by atoms with E-state index in [0.29, 0.717) is 30.6 Å². The molecule has 2 N–H and O–H groups in total. The molecule has 36 heavy (non-hydrogen) atoms. The van der Waals surface area contributed by atoms with Crippen LogP contribution in [-0.2, 0) is 0 Å². The molecule has 7 nitrogen and oxygen atoms in total. The minimum absolute atomic E-state index is 0.0699. The van der Waals surface area contributed by atoms with Gasteiger partial charge in [-0.15, -0.1) is 10.2 Å². The summed E-state index contributed by atoms with van der Waals surface area (Å²) in [6, 6.07) is 7.75. The quantitative estimate of drug-likeness (QED) is 0.596. The minimum Gasteiger partial charge on any atom is -0.384 e. The molecule has 1 aromatic carbocycles. The third-order valence-corrected chi connectivity index (χ3v) is 9.17. The molecule has 3 aliphatic carbocycles. The molecule has 0 bridgehead atoms. The summed E-state index contributed by atoms with van der Waals surface area (Å²) < 4.78 is 39.3. The number of halogens is 3. The number of H-pyrrole nitrogens is 1. The molecular formula is C26H31F3N6O. The Morgan fingerprint density at radius 3 is 2.19 bits per heavy atom. The number of nitrogens with one attached hydrogen (secondary N) is 2. The van der Waals surface area contributed by atoms with Crippen molar-refractivity contribution in [3.8, 4) is 0 Å². The molecule has 0 radical (unpaired) electrons. The fraction of sp³-hybridized carbons (Fsp3) is 0.654. The number of alkyl halides is 3. The van der Waals surface area contributed by atoms with E-state index in [0.717, 1.165) is 43.1 Å². The molecule has 5 fully saturated rings. The number of aromatic nitrogens is 3. The summed E-state index contributed by atoms with van der Waals surface area (Å²) in [6.45, 7) is 2.97. The predicted molar refractivity (Wildman–Crippen MR) is 127 cm³/mol. The second kappa shape index (κ2) is 7.61. The summed E-state index contributed by atoms with van der Waals surface area (Å²) in [5, 5.41) is 11.6. The first kappa shape index (κ1) is 22.4. The number of urea groups is 1. The van der Waals surface area contributed by atoms with Gasteiger partial charge in [-0.2, -0.15) is 13.2 Å². The SMILES string of the molecule is O=C(N1CC(c2ccc(NCC3(C(F)(F)F)CC3)cc2)C1)N1CC2(CC(c3nnc(C4CC4)[nH]3)C2)C1. The van der Waals surface area contributed by atoms with Crippen molar-refractivity contribution >= 4 is 11.7 Å². The fourth-order valence-electron chi connectivity index (χ4n) is 6.25.